The fraction of sp³-hybridized carbons (Fsp3) is 0.538. The zero-order chi connectivity index (χ0) is 12.6. The molecule has 0 bridgehead atoms. The lowest BCUT2D eigenvalue weighted by atomic mass is 10.1. The van der Waals surface area contributed by atoms with Crippen molar-refractivity contribution in [2.24, 2.45) is 0 Å². The van der Waals surface area contributed by atoms with E-state index in [0.29, 0.717) is 12.4 Å². The molecule has 3 rings (SSSR count). The quantitative estimate of drug-likeness (QED) is 0.904. The molecule has 1 unspecified atom stereocenters. The Kier molecular flexibility index (Phi) is 2.93. The third-order valence-electron chi connectivity index (χ3n) is 3.71. The summed E-state index contributed by atoms with van der Waals surface area (Å²) in [5, 5.41) is 2.97. The Labute approximate surface area is 107 Å². The molecule has 5 heteroatoms. The number of hydrogen-bond donors (Lipinski definition) is 1. The van der Waals surface area contributed by atoms with Gasteiger partial charge in [0.2, 0.25) is 0 Å². The van der Waals surface area contributed by atoms with Crippen molar-refractivity contribution in [3.63, 3.8) is 0 Å². The maximum atomic E-state index is 11.7. The van der Waals surface area contributed by atoms with Gasteiger partial charge in [0, 0.05) is 17.8 Å². The van der Waals surface area contributed by atoms with Gasteiger partial charge in [-0.3, -0.25) is 0 Å². The van der Waals surface area contributed by atoms with E-state index in [1.807, 2.05) is 18.2 Å². The second-order valence-corrected chi connectivity index (χ2v) is 7.30. The summed E-state index contributed by atoms with van der Waals surface area (Å²) in [5.41, 5.74) is 2.29. The Morgan fingerprint density at radius 1 is 1.39 bits per heavy atom. The first-order valence-electron chi connectivity index (χ1n) is 6.37. The van der Waals surface area contributed by atoms with Gasteiger partial charge in [-0.2, -0.15) is 0 Å². The summed E-state index contributed by atoms with van der Waals surface area (Å²) in [6, 6.07) is 5.89. The van der Waals surface area contributed by atoms with Crippen LogP contribution in [-0.2, 0) is 16.3 Å². The topological polar surface area (TPSA) is 55.4 Å². The Bertz CT molecular complexity index is 553. The molecule has 1 aromatic carbocycles. The lowest BCUT2D eigenvalue weighted by Crippen LogP contribution is -2.23. The van der Waals surface area contributed by atoms with E-state index in [1.54, 1.807) is 0 Å². The van der Waals surface area contributed by atoms with Crippen molar-refractivity contribution in [3.8, 4) is 5.75 Å². The normalized spacial score (nSPS) is 24.6. The molecule has 0 aliphatic carbocycles. The van der Waals surface area contributed by atoms with Crippen molar-refractivity contribution in [1.82, 2.24) is 0 Å². The summed E-state index contributed by atoms with van der Waals surface area (Å²) in [6.45, 7) is 1.22. The first kappa shape index (κ1) is 11.8. The van der Waals surface area contributed by atoms with Gasteiger partial charge < -0.3 is 10.1 Å². The molecule has 2 aliphatic heterocycles. The van der Waals surface area contributed by atoms with E-state index in [0.717, 1.165) is 37.2 Å². The molecule has 18 heavy (non-hydrogen) atoms. The lowest BCUT2D eigenvalue weighted by Gasteiger charge is -2.13. The highest BCUT2D eigenvalue weighted by atomic mass is 32.2. The fourth-order valence-corrected chi connectivity index (χ4v) is 4.38. The summed E-state index contributed by atoms with van der Waals surface area (Å²) in [6.07, 6.45) is 2.45. The molecule has 2 heterocycles. The number of nitrogens with one attached hydrogen (secondary N) is 1. The summed E-state index contributed by atoms with van der Waals surface area (Å²) >= 11 is 0. The van der Waals surface area contributed by atoms with E-state index >= 15 is 0 Å². The molecule has 1 N–H and O–H groups in total. The highest BCUT2D eigenvalue weighted by Gasteiger charge is 2.32. The van der Waals surface area contributed by atoms with Crippen LogP contribution in [-0.4, -0.2) is 32.6 Å². The predicted molar refractivity (Wildman–Crippen MR) is 70.9 cm³/mol. The fourth-order valence-electron chi connectivity index (χ4n) is 2.67. The van der Waals surface area contributed by atoms with Crippen molar-refractivity contribution in [2.45, 2.75) is 24.5 Å². The van der Waals surface area contributed by atoms with Crippen LogP contribution in [0.3, 0.4) is 0 Å². The number of ether oxygens (including phenoxy) is 1. The van der Waals surface area contributed by atoms with Crippen LogP contribution in [0.1, 0.15) is 18.4 Å². The summed E-state index contributed by atoms with van der Waals surface area (Å²) in [7, 11) is -2.91. The van der Waals surface area contributed by atoms with E-state index in [9.17, 15) is 8.42 Å². The van der Waals surface area contributed by atoms with E-state index in [1.165, 1.54) is 5.56 Å². The molecule has 0 saturated carbocycles. The molecule has 1 fully saturated rings. The van der Waals surface area contributed by atoms with Gasteiger partial charge >= 0.3 is 0 Å². The first-order chi connectivity index (χ1) is 8.67. The maximum absolute atomic E-state index is 11.7. The van der Waals surface area contributed by atoms with Crippen molar-refractivity contribution < 1.29 is 13.2 Å². The minimum Gasteiger partial charge on any atom is -0.492 e. The molecule has 4 nitrogen and oxygen atoms in total. The van der Waals surface area contributed by atoms with Gasteiger partial charge in [0.1, 0.15) is 12.4 Å². The highest BCUT2D eigenvalue weighted by Crippen LogP contribution is 2.31. The molecule has 0 amide bonds. The number of anilines is 1. The van der Waals surface area contributed by atoms with Gasteiger partial charge in [-0.15, -0.1) is 0 Å². The standard InChI is InChI=1S/C13H17NO3S/c15-18(16)8-2-3-10(18)9-17-13-5-1-4-12-11(13)6-7-14-12/h1,4-5,10,14H,2-3,6-9H2. The van der Waals surface area contributed by atoms with Gasteiger partial charge in [0.05, 0.1) is 11.0 Å². The van der Waals surface area contributed by atoms with Gasteiger partial charge in [-0.05, 0) is 31.4 Å². The minimum absolute atomic E-state index is 0.290. The number of sulfone groups is 1. The highest BCUT2D eigenvalue weighted by molar-refractivity contribution is 7.92. The molecule has 1 atom stereocenters. The summed E-state index contributed by atoms with van der Waals surface area (Å²) in [5.74, 6) is 1.15. The number of hydrogen-bond acceptors (Lipinski definition) is 4. The average Bonchev–Trinajstić information content (AvgIpc) is 2.92. The van der Waals surface area contributed by atoms with Crippen molar-refractivity contribution in [2.75, 3.05) is 24.2 Å². The smallest absolute Gasteiger partial charge is 0.156 e. The minimum atomic E-state index is -2.91. The Morgan fingerprint density at radius 3 is 3.06 bits per heavy atom. The maximum Gasteiger partial charge on any atom is 0.156 e. The molecule has 0 spiro atoms. The largest absolute Gasteiger partial charge is 0.492 e. The third-order valence-corrected chi connectivity index (χ3v) is 5.96. The number of rotatable bonds is 3. The first-order valence-corrected chi connectivity index (χ1v) is 8.08. The molecular weight excluding hydrogens is 250 g/mol. The average molecular weight is 267 g/mol. The number of fused-ring (bicyclic) bond motifs is 1. The van der Waals surface area contributed by atoms with Crippen molar-refractivity contribution in [3.05, 3.63) is 23.8 Å². The van der Waals surface area contributed by atoms with Gasteiger partial charge in [-0.1, -0.05) is 6.07 Å². The van der Waals surface area contributed by atoms with Crippen LogP contribution >= 0.6 is 0 Å². The molecule has 2 aliphatic rings. The van der Waals surface area contributed by atoms with Gasteiger partial charge in [0.25, 0.3) is 0 Å². The van der Waals surface area contributed by atoms with Crippen LogP contribution in [0.5, 0.6) is 5.75 Å². The molecule has 0 radical (unpaired) electrons. The third kappa shape index (κ3) is 2.07. The van der Waals surface area contributed by atoms with Crippen LogP contribution in [0, 0.1) is 0 Å². The summed E-state index contributed by atoms with van der Waals surface area (Å²) in [4.78, 5) is 0. The van der Waals surface area contributed by atoms with Gasteiger partial charge in [0.15, 0.2) is 9.84 Å². The van der Waals surface area contributed by atoms with Crippen molar-refractivity contribution >= 4 is 15.5 Å². The molecule has 1 aromatic rings. The van der Waals surface area contributed by atoms with E-state index < -0.39 is 9.84 Å². The second-order valence-electron chi connectivity index (χ2n) is 4.90. The SMILES string of the molecule is O=S1(=O)CCCC1COc1cccc2c1CCN2. The second kappa shape index (κ2) is 4.46. The molecule has 0 aromatic heterocycles. The Balaban J connectivity index is 1.73. The van der Waals surface area contributed by atoms with E-state index in [2.05, 4.69) is 5.32 Å². The van der Waals surface area contributed by atoms with E-state index in [4.69, 9.17) is 4.74 Å². The van der Waals surface area contributed by atoms with Gasteiger partial charge in [-0.25, -0.2) is 8.42 Å². The zero-order valence-electron chi connectivity index (χ0n) is 10.2. The van der Waals surface area contributed by atoms with Crippen LogP contribution < -0.4 is 10.1 Å². The molecular formula is C13H17NO3S. The van der Waals surface area contributed by atoms with Crippen LogP contribution in [0.4, 0.5) is 5.69 Å². The predicted octanol–water partition coefficient (Wildman–Crippen LogP) is 1.61. The van der Waals surface area contributed by atoms with Crippen LogP contribution in [0.2, 0.25) is 0 Å². The van der Waals surface area contributed by atoms with Crippen molar-refractivity contribution in [1.29, 1.82) is 0 Å². The lowest BCUT2D eigenvalue weighted by molar-refractivity contribution is 0.309. The Hall–Kier alpha value is -1.23. The zero-order valence-corrected chi connectivity index (χ0v) is 11.0. The monoisotopic (exact) mass is 267 g/mol. The molecule has 98 valence electrons. The van der Waals surface area contributed by atoms with Crippen LogP contribution in [0.15, 0.2) is 18.2 Å². The summed E-state index contributed by atoms with van der Waals surface area (Å²) < 4.78 is 29.2. The molecule has 1 saturated heterocycles. The number of benzene rings is 1. The van der Waals surface area contributed by atoms with E-state index in [-0.39, 0.29) is 5.25 Å². The Morgan fingerprint density at radius 2 is 2.28 bits per heavy atom. The van der Waals surface area contributed by atoms with Crippen LogP contribution in [0.25, 0.3) is 0 Å².